The van der Waals surface area contributed by atoms with Gasteiger partial charge >= 0.3 is 5.97 Å². The lowest BCUT2D eigenvalue weighted by Crippen LogP contribution is -2.48. The number of aromatic nitrogens is 2. The molecule has 0 atom stereocenters. The van der Waals surface area contributed by atoms with Crippen LogP contribution in [0.2, 0.25) is 0 Å². The van der Waals surface area contributed by atoms with Crippen molar-refractivity contribution in [3.8, 4) is 0 Å². The highest BCUT2D eigenvalue weighted by atomic mass is 16.4. The summed E-state index contributed by atoms with van der Waals surface area (Å²) in [4.78, 5) is 26.5. The topological polar surface area (TPSA) is 78.7 Å². The van der Waals surface area contributed by atoms with E-state index in [-0.39, 0.29) is 12.3 Å². The Bertz CT molecular complexity index is 590. The zero-order chi connectivity index (χ0) is 16.4. The second-order valence-corrected chi connectivity index (χ2v) is 6.45. The molecule has 7 nitrogen and oxygen atoms in total. The Kier molecular flexibility index (Phi) is 4.66. The molecule has 1 fully saturated rings. The Morgan fingerprint density at radius 1 is 1.26 bits per heavy atom. The number of carboxylic acid groups (broad SMARTS) is 1. The average molecular weight is 320 g/mol. The molecule has 1 saturated heterocycles. The van der Waals surface area contributed by atoms with Crippen molar-refractivity contribution in [3.05, 3.63) is 17.5 Å². The minimum absolute atomic E-state index is 0.129. The molecule has 0 unspecified atom stereocenters. The molecule has 0 saturated carbocycles. The summed E-state index contributed by atoms with van der Waals surface area (Å²) < 4.78 is 2.01. The predicted octanol–water partition coefficient (Wildman–Crippen LogP) is 0.727. The Balaban J connectivity index is 1.58. The summed E-state index contributed by atoms with van der Waals surface area (Å²) >= 11 is 0. The van der Waals surface area contributed by atoms with E-state index >= 15 is 0 Å². The van der Waals surface area contributed by atoms with Crippen molar-refractivity contribution in [2.75, 3.05) is 19.6 Å². The number of rotatable bonds is 4. The van der Waals surface area contributed by atoms with E-state index in [0.717, 1.165) is 51.3 Å². The number of hydrogen-bond donors (Lipinski definition) is 1. The SMILES string of the molecule is CC(=O)N1CCC(N2CCn3nc(CCC(=O)O)cc3C2)CC1. The van der Waals surface area contributed by atoms with E-state index in [4.69, 9.17) is 5.11 Å². The van der Waals surface area contributed by atoms with Crippen LogP contribution in [0, 0.1) is 0 Å². The summed E-state index contributed by atoms with van der Waals surface area (Å²) in [6.07, 6.45) is 2.68. The fourth-order valence-corrected chi connectivity index (χ4v) is 3.56. The lowest BCUT2D eigenvalue weighted by atomic mass is 10.0. The number of likely N-dealkylation sites (tertiary alicyclic amines) is 1. The summed E-state index contributed by atoms with van der Waals surface area (Å²) in [5.74, 6) is -0.613. The largest absolute Gasteiger partial charge is 0.481 e. The number of piperidine rings is 1. The van der Waals surface area contributed by atoms with Crippen molar-refractivity contribution in [3.63, 3.8) is 0 Å². The van der Waals surface area contributed by atoms with Gasteiger partial charge < -0.3 is 10.0 Å². The summed E-state index contributed by atoms with van der Waals surface area (Å²) in [5, 5.41) is 13.3. The van der Waals surface area contributed by atoms with E-state index in [1.54, 1.807) is 6.92 Å². The molecule has 126 valence electrons. The van der Waals surface area contributed by atoms with Gasteiger partial charge in [-0.05, 0) is 18.9 Å². The normalized spacial score (nSPS) is 19.6. The zero-order valence-electron chi connectivity index (χ0n) is 13.6. The number of aliphatic carboxylic acids is 1. The molecule has 3 rings (SSSR count). The third-order valence-electron chi connectivity index (χ3n) is 4.90. The first-order chi connectivity index (χ1) is 11.0. The molecule has 1 amide bonds. The summed E-state index contributed by atoms with van der Waals surface area (Å²) in [6.45, 7) is 6.02. The van der Waals surface area contributed by atoms with E-state index in [0.29, 0.717) is 12.5 Å². The van der Waals surface area contributed by atoms with Crippen LogP contribution in [0.4, 0.5) is 0 Å². The van der Waals surface area contributed by atoms with Gasteiger partial charge in [-0.15, -0.1) is 0 Å². The van der Waals surface area contributed by atoms with Gasteiger partial charge in [0.2, 0.25) is 5.91 Å². The zero-order valence-corrected chi connectivity index (χ0v) is 13.6. The van der Waals surface area contributed by atoms with Crippen molar-refractivity contribution >= 4 is 11.9 Å². The van der Waals surface area contributed by atoms with Gasteiger partial charge in [-0.2, -0.15) is 5.10 Å². The predicted molar refractivity (Wildman–Crippen MR) is 83.9 cm³/mol. The molecule has 3 heterocycles. The van der Waals surface area contributed by atoms with Gasteiger partial charge in [0.05, 0.1) is 24.4 Å². The molecule has 1 N–H and O–H groups in total. The van der Waals surface area contributed by atoms with E-state index in [2.05, 4.69) is 10.00 Å². The molecular weight excluding hydrogens is 296 g/mol. The molecule has 1 aromatic heterocycles. The number of fused-ring (bicyclic) bond motifs is 1. The highest BCUT2D eigenvalue weighted by Crippen LogP contribution is 2.22. The van der Waals surface area contributed by atoms with E-state index in [1.807, 2.05) is 15.6 Å². The standard InChI is InChI=1S/C16H24N4O3/c1-12(21)18-6-4-14(5-7-18)19-8-9-20-15(11-19)10-13(17-20)2-3-16(22)23/h10,14H,2-9,11H2,1H3,(H,22,23). The molecule has 2 aliphatic rings. The quantitative estimate of drug-likeness (QED) is 0.885. The molecule has 0 spiro atoms. The van der Waals surface area contributed by atoms with Gasteiger partial charge in [-0.3, -0.25) is 19.2 Å². The van der Waals surface area contributed by atoms with Crippen molar-refractivity contribution in [2.45, 2.75) is 51.7 Å². The third kappa shape index (κ3) is 3.72. The molecule has 23 heavy (non-hydrogen) atoms. The highest BCUT2D eigenvalue weighted by molar-refractivity contribution is 5.73. The molecular formula is C16H24N4O3. The summed E-state index contributed by atoms with van der Waals surface area (Å²) in [7, 11) is 0. The number of nitrogens with zero attached hydrogens (tertiary/aromatic N) is 4. The first kappa shape index (κ1) is 16.0. The van der Waals surface area contributed by atoms with E-state index in [9.17, 15) is 9.59 Å². The Hall–Kier alpha value is -1.89. The van der Waals surface area contributed by atoms with Crippen LogP contribution < -0.4 is 0 Å². The Labute approximate surface area is 135 Å². The second kappa shape index (κ2) is 6.70. The van der Waals surface area contributed by atoms with Gasteiger partial charge in [-0.25, -0.2) is 0 Å². The van der Waals surface area contributed by atoms with E-state index < -0.39 is 5.97 Å². The minimum Gasteiger partial charge on any atom is -0.481 e. The van der Waals surface area contributed by atoms with Crippen molar-refractivity contribution < 1.29 is 14.7 Å². The van der Waals surface area contributed by atoms with Gasteiger partial charge in [0.15, 0.2) is 0 Å². The average Bonchev–Trinajstić information content (AvgIpc) is 2.95. The van der Waals surface area contributed by atoms with Crippen LogP contribution in [-0.2, 0) is 29.1 Å². The lowest BCUT2D eigenvalue weighted by Gasteiger charge is -2.40. The highest BCUT2D eigenvalue weighted by Gasteiger charge is 2.28. The van der Waals surface area contributed by atoms with Crippen LogP contribution in [0.1, 0.15) is 37.6 Å². The van der Waals surface area contributed by atoms with Gasteiger partial charge in [-0.1, -0.05) is 0 Å². The molecule has 0 radical (unpaired) electrons. The van der Waals surface area contributed by atoms with Gasteiger partial charge in [0.25, 0.3) is 0 Å². The fourth-order valence-electron chi connectivity index (χ4n) is 3.56. The summed E-state index contributed by atoms with van der Waals surface area (Å²) in [6, 6.07) is 2.57. The first-order valence-corrected chi connectivity index (χ1v) is 8.30. The first-order valence-electron chi connectivity index (χ1n) is 8.30. The fraction of sp³-hybridized carbons (Fsp3) is 0.688. The maximum atomic E-state index is 11.4. The van der Waals surface area contributed by atoms with Crippen LogP contribution >= 0.6 is 0 Å². The monoisotopic (exact) mass is 320 g/mol. The van der Waals surface area contributed by atoms with Crippen LogP contribution in [0.3, 0.4) is 0 Å². The van der Waals surface area contributed by atoms with Crippen molar-refractivity contribution in [2.24, 2.45) is 0 Å². The maximum Gasteiger partial charge on any atom is 0.303 e. The minimum atomic E-state index is -0.783. The molecule has 0 aliphatic carbocycles. The van der Waals surface area contributed by atoms with Crippen LogP contribution in [0.25, 0.3) is 0 Å². The number of amides is 1. The van der Waals surface area contributed by atoms with Crippen molar-refractivity contribution in [1.82, 2.24) is 19.6 Å². The number of hydrogen-bond acceptors (Lipinski definition) is 4. The molecule has 7 heteroatoms. The van der Waals surface area contributed by atoms with Crippen LogP contribution in [-0.4, -0.2) is 62.2 Å². The second-order valence-electron chi connectivity index (χ2n) is 6.45. The molecule has 0 aromatic carbocycles. The van der Waals surface area contributed by atoms with Crippen LogP contribution in [0.5, 0.6) is 0 Å². The molecule has 2 aliphatic heterocycles. The number of carbonyl (C=O) groups excluding carboxylic acids is 1. The number of aryl methyl sites for hydroxylation is 1. The summed E-state index contributed by atoms with van der Waals surface area (Å²) in [5.41, 5.74) is 2.04. The number of carbonyl (C=O) groups is 2. The maximum absolute atomic E-state index is 11.4. The Morgan fingerprint density at radius 3 is 2.65 bits per heavy atom. The lowest BCUT2D eigenvalue weighted by molar-refractivity contribution is -0.137. The molecule has 1 aromatic rings. The van der Waals surface area contributed by atoms with E-state index in [1.165, 1.54) is 5.69 Å². The molecule has 0 bridgehead atoms. The third-order valence-corrected chi connectivity index (χ3v) is 4.90. The number of carboxylic acids is 1. The van der Waals surface area contributed by atoms with Crippen LogP contribution in [0.15, 0.2) is 6.07 Å². The smallest absolute Gasteiger partial charge is 0.303 e. The van der Waals surface area contributed by atoms with Gasteiger partial charge in [0, 0.05) is 45.6 Å². The Morgan fingerprint density at radius 2 is 2.00 bits per heavy atom. The van der Waals surface area contributed by atoms with Crippen molar-refractivity contribution in [1.29, 1.82) is 0 Å². The van der Waals surface area contributed by atoms with Gasteiger partial charge in [0.1, 0.15) is 0 Å².